The van der Waals surface area contributed by atoms with Crippen LogP contribution in [0.3, 0.4) is 0 Å². The van der Waals surface area contributed by atoms with E-state index in [2.05, 4.69) is 20.4 Å². The van der Waals surface area contributed by atoms with E-state index in [1.807, 2.05) is 68.4 Å². The number of anilines is 1. The molecular weight excluding hydrogens is 354 g/mol. The fourth-order valence-corrected chi connectivity index (χ4v) is 3.05. The Bertz CT molecular complexity index is 1130. The van der Waals surface area contributed by atoms with Gasteiger partial charge in [-0.25, -0.2) is 4.68 Å². The molecule has 28 heavy (non-hydrogen) atoms. The minimum atomic E-state index is -0.228. The zero-order valence-electron chi connectivity index (χ0n) is 15.7. The van der Waals surface area contributed by atoms with Crippen LogP contribution in [0.5, 0.6) is 5.75 Å². The molecule has 0 aliphatic carbocycles. The summed E-state index contributed by atoms with van der Waals surface area (Å²) < 4.78 is 7.14. The summed E-state index contributed by atoms with van der Waals surface area (Å²) in [6.07, 6.45) is 1.54. The SMILES string of the molecule is CCOc1ccc(C(C)Nc2nc3c(cnn3-c3ccccc3)c(=O)[nH]2)cc1. The molecule has 0 fully saturated rings. The van der Waals surface area contributed by atoms with Crippen LogP contribution in [0.4, 0.5) is 5.95 Å². The van der Waals surface area contributed by atoms with Crippen molar-refractivity contribution in [2.75, 3.05) is 11.9 Å². The van der Waals surface area contributed by atoms with Crippen molar-refractivity contribution in [3.05, 3.63) is 76.7 Å². The largest absolute Gasteiger partial charge is 0.494 e. The van der Waals surface area contributed by atoms with Gasteiger partial charge in [0.1, 0.15) is 11.1 Å². The minimum Gasteiger partial charge on any atom is -0.494 e. The van der Waals surface area contributed by atoms with Gasteiger partial charge in [0.15, 0.2) is 5.65 Å². The van der Waals surface area contributed by atoms with Crippen molar-refractivity contribution in [2.45, 2.75) is 19.9 Å². The van der Waals surface area contributed by atoms with E-state index < -0.39 is 0 Å². The maximum Gasteiger partial charge on any atom is 0.263 e. The monoisotopic (exact) mass is 375 g/mol. The van der Waals surface area contributed by atoms with Gasteiger partial charge < -0.3 is 10.1 Å². The predicted molar refractivity (Wildman–Crippen MR) is 109 cm³/mol. The molecular formula is C21H21N5O2. The predicted octanol–water partition coefficient (Wildman–Crippen LogP) is 3.68. The number of hydrogen-bond acceptors (Lipinski definition) is 5. The van der Waals surface area contributed by atoms with Gasteiger partial charge in [-0.05, 0) is 43.7 Å². The number of H-pyrrole nitrogens is 1. The third kappa shape index (κ3) is 3.46. The van der Waals surface area contributed by atoms with E-state index in [0.717, 1.165) is 17.0 Å². The number of nitrogens with zero attached hydrogens (tertiary/aromatic N) is 3. The van der Waals surface area contributed by atoms with E-state index in [1.165, 1.54) is 6.20 Å². The van der Waals surface area contributed by atoms with Gasteiger partial charge in [0.05, 0.1) is 24.5 Å². The first-order valence-corrected chi connectivity index (χ1v) is 9.18. The second kappa shape index (κ2) is 7.56. The van der Waals surface area contributed by atoms with Crippen molar-refractivity contribution in [1.82, 2.24) is 19.7 Å². The Labute approximate surface area is 162 Å². The molecule has 1 atom stereocenters. The van der Waals surface area contributed by atoms with Gasteiger partial charge in [-0.1, -0.05) is 30.3 Å². The highest BCUT2D eigenvalue weighted by molar-refractivity contribution is 5.76. The van der Waals surface area contributed by atoms with E-state index >= 15 is 0 Å². The molecule has 1 unspecified atom stereocenters. The first kappa shape index (κ1) is 17.8. The molecule has 7 heteroatoms. The average Bonchev–Trinajstić information content (AvgIpc) is 3.14. The number of nitrogens with one attached hydrogen (secondary N) is 2. The van der Waals surface area contributed by atoms with Crippen molar-refractivity contribution in [3.8, 4) is 11.4 Å². The molecule has 7 nitrogen and oxygen atoms in total. The second-order valence-electron chi connectivity index (χ2n) is 6.41. The highest BCUT2D eigenvalue weighted by Gasteiger charge is 2.13. The van der Waals surface area contributed by atoms with Gasteiger partial charge in [0, 0.05) is 0 Å². The smallest absolute Gasteiger partial charge is 0.263 e. The third-order valence-corrected chi connectivity index (χ3v) is 4.48. The van der Waals surface area contributed by atoms with Crippen molar-refractivity contribution in [3.63, 3.8) is 0 Å². The lowest BCUT2D eigenvalue weighted by molar-refractivity contribution is 0.340. The summed E-state index contributed by atoms with van der Waals surface area (Å²) in [7, 11) is 0. The maximum atomic E-state index is 12.5. The molecule has 2 heterocycles. The molecule has 4 rings (SSSR count). The molecule has 0 spiro atoms. The lowest BCUT2D eigenvalue weighted by Crippen LogP contribution is -2.16. The minimum absolute atomic E-state index is 0.0515. The summed E-state index contributed by atoms with van der Waals surface area (Å²) in [4.78, 5) is 19.9. The standard InChI is InChI=1S/C21H21N5O2/c1-3-28-17-11-9-15(10-12-17)14(2)23-21-24-19-18(20(27)25-21)13-22-26(19)16-7-5-4-6-8-16/h4-14H,3H2,1-2H3,(H2,23,24,25,27). The van der Waals surface area contributed by atoms with Crippen molar-refractivity contribution in [1.29, 1.82) is 0 Å². The van der Waals surface area contributed by atoms with E-state index in [4.69, 9.17) is 4.74 Å². The van der Waals surface area contributed by atoms with Crippen LogP contribution in [0.1, 0.15) is 25.5 Å². The Morgan fingerprint density at radius 2 is 1.89 bits per heavy atom. The van der Waals surface area contributed by atoms with Crippen LogP contribution < -0.4 is 15.6 Å². The Morgan fingerprint density at radius 3 is 2.61 bits per heavy atom. The van der Waals surface area contributed by atoms with Crippen LogP contribution in [0.25, 0.3) is 16.7 Å². The molecule has 2 N–H and O–H groups in total. The fraction of sp³-hybridized carbons (Fsp3) is 0.190. The Kier molecular flexibility index (Phi) is 4.80. The summed E-state index contributed by atoms with van der Waals surface area (Å²) in [5.41, 5.74) is 2.19. The third-order valence-electron chi connectivity index (χ3n) is 4.48. The molecule has 2 aromatic heterocycles. The van der Waals surface area contributed by atoms with Gasteiger partial charge in [-0.2, -0.15) is 10.1 Å². The second-order valence-corrected chi connectivity index (χ2v) is 6.41. The number of para-hydroxylation sites is 1. The topological polar surface area (TPSA) is 84.8 Å². The number of aromatic amines is 1. The molecule has 0 aliphatic rings. The molecule has 0 saturated carbocycles. The Morgan fingerprint density at radius 1 is 1.14 bits per heavy atom. The summed E-state index contributed by atoms with van der Waals surface area (Å²) in [5.74, 6) is 1.23. The molecule has 2 aromatic carbocycles. The van der Waals surface area contributed by atoms with Crippen molar-refractivity contribution < 1.29 is 4.74 Å². The van der Waals surface area contributed by atoms with Gasteiger partial charge in [0.25, 0.3) is 5.56 Å². The lowest BCUT2D eigenvalue weighted by Gasteiger charge is -2.15. The van der Waals surface area contributed by atoms with Crippen LogP contribution in [-0.4, -0.2) is 26.4 Å². The fourth-order valence-electron chi connectivity index (χ4n) is 3.05. The molecule has 0 amide bonds. The van der Waals surface area contributed by atoms with Gasteiger partial charge in [-0.3, -0.25) is 9.78 Å². The molecule has 0 radical (unpaired) electrons. The number of rotatable bonds is 6. The summed E-state index contributed by atoms with van der Waals surface area (Å²) in [6, 6.07) is 17.4. The first-order valence-electron chi connectivity index (χ1n) is 9.18. The lowest BCUT2D eigenvalue weighted by atomic mass is 10.1. The normalized spacial score (nSPS) is 12.1. The van der Waals surface area contributed by atoms with E-state index in [9.17, 15) is 4.79 Å². The van der Waals surface area contributed by atoms with E-state index in [1.54, 1.807) is 4.68 Å². The van der Waals surface area contributed by atoms with Crippen molar-refractivity contribution in [2.24, 2.45) is 0 Å². The first-order chi connectivity index (χ1) is 13.7. The zero-order valence-corrected chi connectivity index (χ0v) is 15.7. The molecule has 0 bridgehead atoms. The van der Waals surface area contributed by atoms with E-state index in [-0.39, 0.29) is 11.6 Å². The van der Waals surface area contributed by atoms with Crippen LogP contribution >= 0.6 is 0 Å². The Hall–Kier alpha value is -3.61. The molecule has 142 valence electrons. The number of benzene rings is 2. The van der Waals surface area contributed by atoms with E-state index in [0.29, 0.717) is 23.6 Å². The van der Waals surface area contributed by atoms with Crippen molar-refractivity contribution >= 4 is 17.0 Å². The summed E-state index contributed by atoms with van der Waals surface area (Å²) in [6.45, 7) is 4.60. The van der Waals surface area contributed by atoms with Gasteiger partial charge >= 0.3 is 0 Å². The van der Waals surface area contributed by atoms with Crippen LogP contribution in [-0.2, 0) is 0 Å². The average molecular weight is 375 g/mol. The highest BCUT2D eigenvalue weighted by Crippen LogP contribution is 2.21. The number of hydrogen-bond donors (Lipinski definition) is 2. The van der Waals surface area contributed by atoms with Crippen LogP contribution in [0.2, 0.25) is 0 Å². The quantitative estimate of drug-likeness (QED) is 0.537. The summed E-state index contributed by atoms with van der Waals surface area (Å²) >= 11 is 0. The number of aromatic nitrogens is 4. The number of ether oxygens (including phenoxy) is 1. The van der Waals surface area contributed by atoms with Gasteiger partial charge in [-0.15, -0.1) is 0 Å². The Balaban J connectivity index is 1.64. The highest BCUT2D eigenvalue weighted by atomic mass is 16.5. The number of fused-ring (bicyclic) bond motifs is 1. The van der Waals surface area contributed by atoms with Crippen LogP contribution in [0, 0.1) is 0 Å². The molecule has 0 saturated heterocycles. The summed E-state index contributed by atoms with van der Waals surface area (Å²) in [5, 5.41) is 8.03. The molecule has 0 aliphatic heterocycles. The maximum absolute atomic E-state index is 12.5. The van der Waals surface area contributed by atoms with Gasteiger partial charge in [0.2, 0.25) is 5.95 Å². The van der Waals surface area contributed by atoms with Crippen LogP contribution in [0.15, 0.2) is 65.6 Å². The molecule has 4 aromatic rings. The zero-order chi connectivity index (χ0) is 19.5.